The van der Waals surface area contributed by atoms with Gasteiger partial charge in [-0.3, -0.25) is 9.59 Å². The Labute approximate surface area is 149 Å². The minimum atomic E-state index is -0.921. The Hall–Kier alpha value is -2.14. The molecule has 0 saturated heterocycles. The van der Waals surface area contributed by atoms with Crippen LogP contribution in [0.3, 0.4) is 0 Å². The lowest BCUT2D eigenvalue weighted by Gasteiger charge is -2.16. The van der Waals surface area contributed by atoms with E-state index in [0.717, 1.165) is 15.6 Å². The van der Waals surface area contributed by atoms with Crippen LogP contribution in [-0.4, -0.2) is 11.8 Å². The molecule has 2 N–H and O–H groups in total. The Morgan fingerprint density at radius 3 is 2.42 bits per heavy atom. The Morgan fingerprint density at radius 2 is 1.79 bits per heavy atom. The van der Waals surface area contributed by atoms with Gasteiger partial charge in [0, 0.05) is 16.7 Å². The zero-order valence-electron chi connectivity index (χ0n) is 13.4. The van der Waals surface area contributed by atoms with Gasteiger partial charge in [-0.25, -0.2) is 0 Å². The zero-order valence-corrected chi connectivity index (χ0v) is 15.0. The fourth-order valence-corrected chi connectivity index (χ4v) is 2.85. The Kier molecular flexibility index (Phi) is 4.71. The molecule has 4 nitrogen and oxygen atoms in total. The molecule has 0 atom stereocenters. The number of hydrogen-bond donors (Lipinski definition) is 2. The molecule has 3 rings (SSSR count). The van der Waals surface area contributed by atoms with Crippen molar-refractivity contribution < 1.29 is 9.59 Å². The summed E-state index contributed by atoms with van der Waals surface area (Å²) >= 11 is 3.44. The van der Waals surface area contributed by atoms with Gasteiger partial charge in [-0.1, -0.05) is 46.3 Å². The van der Waals surface area contributed by atoms with Crippen molar-refractivity contribution in [2.75, 3.05) is 5.32 Å². The van der Waals surface area contributed by atoms with Gasteiger partial charge in [0.25, 0.3) is 0 Å². The third-order valence-electron chi connectivity index (χ3n) is 4.33. The molecular weight excluding hydrogens is 368 g/mol. The number of benzene rings is 2. The van der Waals surface area contributed by atoms with Gasteiger partial charge in [-0.2, -0.15) is 0 Å². The van der Waals surface area contributed by atoms with E-state index in [4.69, 9.17) is 0 Å². The molecule has 0 aliphatic heterocycles. The highest BCUT2D eigenvalue weighted by molar-refractivity contribution is 9.10. The summed E-state index contributed by atoms with van der Waals surface area (Å²) in [6.07, 6.45) is 1.18. The molecule has 1 aliphatic rings. The third kappa shape index (κ3) is 3.51. The van der Waals surface area contributed by atoms with E-state index in [0.29, 0.717) is 25.1 Å². The predicted octanol–water partition coefficient (Wildman–Crippen LogP) is 3.79. The fraction of sp³-hybridized carbons (Fsp3) is 0.263. The minimum Gasteiger partial charge on any atom is -0.351 e. The third-order valence-corrected chi connectivity index (χ3v) is 5.22. The summed E-state index contributed by atoms with van der Waals surface area (Å²) in [6, 6.07) is 15.3. The van der Waals surface area contributed by atoms with E-state index < -0.39 is 5.41 Å². The minimum absolute atomic E-state index is 0.197. The van der Waals surface area contributed by atoms with Crippen molar-refractivity contribution in [3.05, 3.63) is 64.1 Å². The highest BCUT2D eigenvalue weighted by atomic mass is 79.9. The maximum Gasteiger partial charge on any atom is 0.240 e. The van der Waals surface area contributed by atoms with E-state index in [1.807, 2.05) is 55.5 Å². The number of aryl methyl sites for hydroxylation is 1. The normalized spacial score (nSPS) is 14.8. The van der Waals surface area contributed by atoms with E-state index in [-0.39, 0.29) is 11.8 Å². The van der Waals surface area contributed by atoms with E-state index >= 15 is 0 Å². The number of rotatable bonds is 5. The van der Waals surface area contributed by atoms with Crippen molar-refractivity contribution in [2.24, 2.45) is 5.41 Å². The highest BCUT2D eigenvalue weighted by Crippen LogP contribution is 2.47. The number of carbonyl (C=O) groups excluding carboxylic acids is 2. The molecule has 0 spiro atoms. The molecule has 2 aromatic rings. The zero-order chi connectivity index (χ0) is 17.2. The van der Waals surface area contributed by atoms with Crippen LogP contribution in [0.15, 0.2) is 53.0 Å². The molecule has 0 bridgehead atoms. The van der Waals surface area contributed by atoms with E-state index in [2.05, 4.69) is 26.6 Å². The van der Waals surface area contributed by atoms with Gasteiger partial charge in [-0.15, -0.1) is 0 Å². The first-order chi connectivity index (χ1) is 11.5. The molecule has 2 amide bonds. The van der Waals surface area contributed by atoms with E-state index in [1.54, 1.807) is 0 Å². The van der Waals surface area contributed by atoms with Crippen LogP contribution in [0.2, 0.25) is 0 Å². The Morgan fingerprint density at radius 1 is 1.08 bits per heavy atom. The van der Waals surface area contributed by atoms with Gasteiger partial charge in [0.05, 0.1) is 0 Å². The molecule has 0 unspecified atom stereocenters. The summed E-state index contributed by atoms with van der Waals surface area (Å²) in [5.41, 5.74) is 1.84. The molecule has 1 fully saturated rings. The first kappa shape index (κ1) is 16.7. The van der Waals surface area contributed by atoms with Crippen molar-refractivity contribution in [3.63, 3.8) is 0 Å². The lowest BCUT2D eigenvalue weighted by atomic mass is 10.0. The van der Waals surface area contributed by atoms with Crippen LogP contribution in [0.25, 0.3) is 0 Å². The largest absolute Gasteiger partial charge is 0.351 e. The van der Waals surface area contributed by atoms with Crippen molar-refractivity contribution in [1.82, 2.24) is 5.32 Å². The number of halogens is 1. The molecule has 1 saturated carbocycles. The number of amides is 2. The second-order valence-corrected chi connectivity index (χ2v) is 7.02. The summed E-state index contributed by atoms with van der Waals surface area (Å²) < 4.78 is 0.988. The van der Waals surface area contributed by atoms with Gasteiger partial charge in [-0.05, 0) is 49.1 Å². The summed E-state index contributed by atoms with van der Waals surface area (Å²) in [7, 11) is 0. The standard InChI is InChI=1S/C19H19BrN2O2/c1-13-11-15(7-8-16(13)20)22-18(24)19(9-10-19)17(23)21-12-14-5-3-2-4-6-14/h2-8,11H,9-10,12H2,1H3,(H,21,23)(H,22,24). The van der Waals surface area contributed by atoms with Crippen LogP contribution >= 0.6 is 15.9 Å². The van der Waals surface area contributed by atoms with Crippen LogP contribution in [0, 0.1) is 12.3 Å². The summed E-state index contributed by atoms with van der Waals surface area (Å²) in [5, 5.41) is 5.75. The number of anilines is 1. The summed E-state index contributed by atoms with van der Waals surface area (Å²) in [5.74, 6) is -0.424. The average molecular weight is 387 g/mol. The molecule has 0 heterocycles. The topological polar surface area (TPSA) is 58.2 Å². The van der Waals surface area contributed by atoms with Gasteiger partial charge in [0.15, 0.2) is 0 Å². The Balaban J connectivity index is 1.63. The van der Waals surface area contributed by atoms with Crippen LogP contribution in [-0.2, 0) is 16.1 Å². The van der Waals surface area contributed by atoms with E-state index in [9.17, 15) is 9.59 Å². The monoisotopic (exact) mass is 386 g/mol. The SMILES string of the molecule is Cc1cc(NC(=O)C2(C(=O)NCc3ccccc3)CC2)ccc1Br. The lowest BCUT2D eigenvalue weighted by Crippen LogP contribution is -2.39. The molecule has 1 aliphatic carbocycles. The van der Waals surface area contributed by atoms with Gasteiger partial charge >= 0.3 is 0 Å². The molecule has 0 aromatic heterocycles. The predicted molar refractivity (Wildman–Crippen MR) is 97.5 cm³/mol. The maximum absolute atomic E-state index is 12.6. The van der Waals surface area contributed by atoms with Crippen LogP contribution in [0.5, 0.6) is 0 Å². The number of carbonyl (C=O) groups is 2. The molecule has 5 heteroatoms. The molecule has 2 aromatic carbocycles. The van der Waals surface area contributed by atoms with Crippen LogP contribution in [0.4, 0.5) is 5.69 Å². The summed E-state index contributed by atoms with van der Waals surface area (Å²) in [4.78, 5) is 25.0. The van der Waals surface area contributed by atoms with E-state index in [1.165, 1.54) is 0 Å². The van der Waals surface area contributed by atoms with Crippen molar-refractivity contribution in [1.29, 1.82) is 0 Å². The smallest absolute Gasteiger partial charge is 0.240 e. The summed E-state index contributed by atoms with van der Waals surface area (Å²) in [6.45, 7) is 2.39. The first-order valence-electron chi connectivity index (χ1n) is 7.91. The molecular formula is C19H19BrN2O2. The molecule has 0 radical (unpaired) electrons. The average Bonchev–Trinajstić information content (AvgIpc) is 3.39. The van der Waals surface area contributed by atoms with Gasteiger partial charge in [0.1, 0.15) is 5.41 Å². The number of nitrogens with one attached hydrogen (secondary N) is 2. The quantitative estimate of drug-likeness (QED) is 0.767. The first-order valence-corrected chi connectivity index (χ1v) is 8.70. The fourth-order valence-electron chi connectivity index (χ4n) is 2.60. The van der Waals surface area contributed by atoms with Crippen molar-refractivity contribution in [3.8, 4) is 0 Å². The van der Waals surface area contributed by atoms with Crippen molar-refractivity contribution in [2.45, 2.75) is 26.3 Å². The second kappa shape index (κ2) is 6.77. The van der Waals surface area contributed by atoms with Gasteiger partial charge in [0.2, 0.25) is 11.8 Å². The molecule has 24 heavy (non-hydrogen) atoms. The van der Waals surface area contributed by atoms with Gasteiger partial charge < -0.3 is 10.6 Å². The molecule has 124 valence electrons. The van der Waals surface area contributed by atoms with Crippen LogP contribution < -0.4 is 10.6 Å². The van der Waals surface area contributed by atoms with Crippen molar-refractivity contribution >= 4 is 33.4 Å². The number of hydrogen-bond acceptors (Lipinski definition) is 2. The second-order valence-electron chi connectivity index (χ2n) is 6.17. The van der Waals surface area contributed by atoms with Crippen LogP contribution in [0.1, 0.15) is 24.0 Å². The maximum atomic E-state index is 12.6. The highest BCUT2D eigenvalue weighted by Gasteiger charge is 2.56. The Bertz CT molecular complexity index is 770. The lowest BCUT2D eigenvalue weighted by molar-refractivity contribution is -0.134.